The van der Waals surface area contributed by atoms with Gasteiger partial charge in [-0.1, -0.05) is 164 Å². The molecule has 0 bridgehead atoms. The summed E-state index contributed by atoms with van der Waals surface area (Å²) in [6.07, 6.45) is 0. The molecule has 10 aromatic rings. The molecule has 53 heavy (non-hydrogen) atoms. The summed E-state index contributed by atoms with van der Waals surface area (Å²) in [4.78, 5) is 2.36. The molecule has 1 nitrogen and oxygen atoms in total. The molecular formula is C52H35N. The number of nitrogens with zero attached hydrogens (tertiary/aromatic N) is 1. The molecule has 0 N–H and O–H groups in total. The van der Waals surface area contributed by atoms with Crippen LogP contribution in [0.4, 0.5) is 17.1 Å². The maximum absolute atomic E-state index is 2.37. The SMILES string of the molecule is c1ccc(-c2ccc(N(c3ccc(-c4ccccc4)cc3)c3ccc4cc(-c5ccc6c7ccccc7c7ccccc7c6c5)ccc4c3)cc2)cc1. The Morgan fingerprint density at radius 1 is 0.208 bits per heavy atom. The Labute approximate surface area is 309 Å². The van der Waals surface area contributed by atoms with Crippen LogP contribution in [0.3, 0.4) is 0 Å². The summed E-state index contributed by atoms with van der Waals surface area (Å²) < 4.78 is 0. The Morgan fingerprint density at radius 2 is 0.566 bits per heavy atom. The molecule has 0 saturated heterocycles. The molecule has 0 aliphatic carbocycles. The van der Waals surface area contributed by atoms with Crippen molar-refractivity contribution in [2.24, 2.45) is 0 Å². The van der Waals surface area contributed by atoms with Gasteiger partial charge in [-0.05, 0) is 125 Å². The van der Waals surface area contributed by atoms with Gasteiger partial charge in [0.15, 0.2) is 0 Å². The zero-order valence-electron chi connectivity index (χ0n) is 29.2. The van der Waals surface area contributed by atoms with Gasteiger partial charge in [0.05, 0.1) is 0 Å². The van der Waals surface area contributed by atoms with Crippen molar-refractivity contribution in [3.63, 3.8) is 0 Å². The Hall–Kier alpha value is -6.96. The fourth-order valence-electron chi connectivity index (χ4n) is 7.95. The molecule has 0 spiro atoms. The molecule has 0 aliphatic heterocycles. The largest absolute Gasteiger partial charge is 0.310 e. The molecule has 10 aromatic carbocycles. The third-order valence-electron chi connectivity index (χ3n) is 10.6. The maximum atomic E-state index is 2.37. The molecule has 0 unspecified atom stereocenters. The Kier molecular flexibility index (Phi) is 7.55. The van der Waals surface area contributed by atoms with Crippen LogP contribution in [0.15, 0.2) is 212 Å². The molecule has 248 valence electrons. The van der Waals surface area contributed by atoms with Crippen LogP contribution in [0.25, 0.3) is 76.5 Å². The van der Waals surface area contributed by atoms with Gasteiger partial charge in [0.2, 0.25) is 0 Å². The highest BCUT2D eigenvalue weighted by Crippen LogP contribution is 2.40. The zero-order chi connectivity index (χ0) is 35.1. The monoisotopic (exact) mass is 673 g/mol. The summed E-state index contributed by atoms with van der Waals surface area (Å²) in [5.41, 5.74) is 10.6. The highest BCUT2D eigenvalue weighted by Gasteiger charge is 2.15. The van der Waals surface area contributed by atoms with E-state index < -0.39 is 0 Å². The van der Waals surface area contributed by atoms with Crippen molar-refractivity contribution < 1.29 is 0 Å². The van der Waals surface area contributed by atoms with Crippen molar-refractivity contribution >= 4 is 60.2 Å². The minimum absolute atomic E-state index is 1.11. The van der Waals surface area contributed by atoms with Crippen molar-refractivity contribution in [3.8, 4) is 33.4 Å². The minimum Gasteiger partial charge on any atom is -0.310 e. The first-order chi connectivity index (χ1) is 26.3. The van der Waals surface area contributed by atoms with E-state index in [4.69, 9.17) is 0 Å². The number of fused-ring (bicyclic) bond motifs is 7. The van der Waals surface area contributed by atoms with E-state index in [1.165, 1.54) is 76.5 Å². The molecule has 0 amide bonds. The smallest absolute Gasteiger partial charge is 0.0468 e. The lowest BCUT2D eigenvalue weighted by Gasteiger charge is -2.26. The standard InChI is InChI=1S/C52H35N/c1-3-11-36(12-4-1)38-21-27-44(28-22-38)53(45-29-23-39(24-30-45)37-13-5-2-6-14-37)46-31-25-41-33-40(19-20-42(41)34-46)43-26-32-51-49-17-8-7-15-47(49)48-16-9-10-18-50(48)52(51)35-43/h1-35H. The Bertz CT molecular complexity index is 2790. The summed E-state index contributed by atoms with van der Waals surface area (Å²) in [6, 6.07) is 77.1. The van der Waals surface area contributed by atoms with Gasteiger partial charge in [-0.2, -0.15) is 0 Å². The normalized spacial score (nSPS) is 11.4. The van der Waals surface area contributed by atoms with Crippen LogP contribution in [0.5, 0.6) is 0 Å². The van der Waals surface area contributed by atoms with Crippen molar-refractivity contribution in [3.05, 3.63) is 212 Å². The quantitative estimate of drug-likeness (QED) is 0.159. The van der Waals surface area contributed by atoms with Crippen molar-refractivity contribution in [1.29, 1.82) is 0 Å². The topological polar surface area (TPSA) is 3.24 Å². The van der Waals surface area contributed by atoms with Gasteiger partial charge in [0.1, 0.15) is 0 Å². The highest BCUT2D eigenvalue weighted by molar-refractivity contribution is 6.25. The van der Waals surface area contributed by atoms with Crippen LogP contribution < -0.4 is 4.90 Å². The molecular weight excluding hydrogens is 639 g/mol. The van der Waals surface area contributed by atoms with Crippen molar-refractivity contribution in [2.45, 2.75) is 0 Å². The van der Waals surface area contributed by atoms with E-state index >= 15 is 0 Å². The first-order valence-corrected chi connectivity index (χ1v) is 18.3. The van der Waals surface area contributed by atoms with E-state index in [1.807, 2.05) is 0 Å². The average molecular weight is 674 g/mol. The third kappa shape index (κ3) is 5.60. The van der Waals surface area contributed by atoms with Gasteiger partial charge < -0.3 is 4.90 Å². The van der Waals surface area contributed by atoms with Gasteiger partial charge in [-0.3, -0.25) is 0 Å². The van der Waals surface area contributed by atoms with Crippen LogP contribution in [-0.2, 0) is 0 Å². The minimum atomic E-state index is 1.11. The molecule has 10 rings (SSSR count). The summed E-state index contributed by atoms with van der Waals surface area (Å²) in [6.45, 7) is 0. The lowest BCUT2D eigenvalue weighted by molar-refractivity contribution is 1.29. The summed E-state index contributed by atoms with van der Waals surface area (Å²) in [5, 5.41) is 10.2. The molecule has 0 atom stereocenters. The average Bonchev–Trinajstić information content (AvgIpc) is 3.24. The first-order valence-electron chi connectivity index (χ1n) is 18.3. The molecule has 0 aliphatic rings. The number of benzene rings is 10. The molecule has 0 radical (unpaired) electrons. The van der Waals surface area contributed by atoms with E-state index in [0.29, 0.717) is 0 Å². The fraction of sp³-hybridized carbons (Fsp3) is 0. The zero-order valence-corrected chi connectivity index (χ0v) is 29.2. The lowest BCUT2D eigenvalue weighted by Crippen LogP contribution is -2.09. The van der Waals surface area contributed by atoms with Crippen molar-refractivity contribution in [2.75, 3.05) is 4.90 Å². The summed E-state index contributed by atoms with van der Waals surface area (Å²) >= 11 is 0. The van der Waals surface area contributed by atoms with Gasteiger partial charge >= 0.3 is 0 Å². The molecule has 0 fully saturated rings. The maximum Gasteiger partial charge on any atom is 0.0468 e. The van der Waals surface area contributed by atoms with Crippen LogP contribution >= 0.6 is 0 Å². The molecule has 0 heterocycles. The van der Waals surface area contributed by atoms with E-state index in [9.17, 15) is 0 Å². The Balaban J connectivity index is 1.05. The van der Waals surface area contributed by atoms with Crippen LogP contribution in [-0.4, -0.2) is 0 Å². The van der Waals surface area contributed by atoms with Crippen molar-refractivity contribution in [1.82, 2.24) is 0 Å². The van der Waals surface area contributed by atoms with Gasteiger partial charge in [0.25, 0.3) is 0 Å². The fourth-order valence-corrected chi connectivity index (χ4v) is 7.95. The number of hydrogen-bond acceptors (Lipinski definition) is 1. The second kappa shape index (κ2) is 13.0. The second-order valence-electron chi connectivity index (χ2n) is 13.8. The highest BCUT2D eigenvalue weighted by atomic mass is 15.1. The third-order valence-corrected chi connectivity index (χ3v) is 10.6. The van der Waals surface area contributed by atoms with Crippen LogP contribution in [0.1, 0.15) is 0 Å². The first kappa shape index (κ1) is 30.8. The summed E-state index contributed by atoms with van der Waals surface area (Å²) in [5.74, 6) is 0. The van der Waals surface area contributed by atoms with E-state index in [-0.39, 0.29) is 0 Å². The van der Waals surface area contributed by atoms with Gasteiger partial charge in [-0.25, -0.2) is 0 Å². The second-order valence-corrected chi connectivity index (χ2v) is 13.8. The predicted molar refractivity (Wildman–Crippen MR) is 227 cm³/mol. The van der Waals surface area contributed by atoms with Gasteiger partial charge in [-0.15, -0.1) is 0 Å². The van der Waals surface area contributed by atoms with E-state index in [1.54, 1.807) is 0 Å². The van der Waals surface area contributed by atoms with E-state index in [2.05, 4.69) is 217 Å². The van der Waals surface area contributed by atoms with Gasteiger partial charge in [0, 0.05) is 17.1 Å². The number of hydrogen-bond donors (Lipinski definition) is 0. The Morgan fingerprint density at radius 3 is 1.11 bits per heavy atom. The summed E-state index contributed by atoms with van der Waals surface area (Å²) in [7, 11) is 0. The number of rotatable bonds is 6. The molecule has 1 heteroatoms. The van der Waals surface area contributed by atoms with Crippen LogP contribution in [0.2, 0.25) is 0 Å². The lowest BCUT2D eigenvalue weighted by atomic mass is 9.91. The number of anilines is 3. The van der Waals surface area contributed by atoms with E-state index in [0.717, 1.165) is 17.1 Å². The van der Waals surface area contributed by atoms with Crippen LogP contribution in [0, 0.1) is 0 Å². The molecule has 0 saturated carbocycles. The predicted octanol–water partition coefficient (Wildman–Crippen LogP) is 14.8. The molecule has 0 aromatic heterocycles.